The third kappa shape index (κ3) is 7.22. The van der Waals surface area contributed by atoms with Crippen LogP contribution in [-0.4, -0.2) is 107 Å². The molecule has 0 saturated carbocycles. The summed E-state index contributed by atoms with van der Waals surface area (Å²) in [5, 5.41) is 20.5. The van der Waals surface area contributed by atoms with Gasteiger partial charge in [-0.15, -0.1) is 0 Å². The molecule has 2 N–H and O–H groups in total. The summed E-state index contributed by atoms with van der Waals surface area (Å²) in [6, 6.07) is 7.09. The van der Waals surface area contributed by atoms with E-state index in [4.69, 9.17) is 21.1 Å². The topological polar surface area (TPSA) is 85.7 Å². The second-order valence-corrected chi connectivity index (χ2v) is 9.82. The molecule has 2 fully saturated rings. The van der Waals surface area contributed by atoms with Gasteiger partial charge in [-0.05, 0) is 45.0 Å². The quantitative estimate of drug-likeness (QED) is 0.621. The number of β-amino-alcohol motifs (C(OH)–C–C–N with tert-alkyl or cyclic N) is 1. The van der Waals surface area contributed by atoms with Crippen LogP contribution in [0.5, 0.6) is 5.75 Å². The molecule has 0 spiro atoms. The van der Waals surface area contributed by atoms with Crippen molar-refractivity contribution in [1.82, 2.24) is 14.7 Å². The Morgan fingerprint density at radius 2 is 1.77 bits per heavy atom. The first-order valence-corrected chi connectivity index (χ1v) is 11.1. The maximum Gasteiger partial charge on any atom is 0.407 e. The minimum absolute atomic E-state index is 0.0600. The first-order valence-electron chi connectivity index (χ1n) is 10.8. The molecule has 3 rings (SSSR count). The number of nitrogens with zero attached hydrogens (tertiary/aromatic N) is 3. The predicted molar refractivity (Wildman–Crippen MR) is 119 cm³/mol. The zero-order chi connectivity index (χ0) is 22.6. The largest absolute Gasteiger partial charge is 0.491 e. The van der Waals surface area contributed by atoms with Crippen LogP contribution >= 0.6 is 11.6 Å². The van der Waals surface area contributed by atoms with Crippen LogP contribution in [0.15, 0.2) is 24.3 Å². The molecule has 0 aliphatic carbocycles. The van der Waals surface area contributed by atoms with Gasteiger partial charge in [-0.3, -0.25) is 9.80 Å². The molecule has 2 bridgehead atoms. The first-order chi connectivity index (χ1) is 14.6. The average molecular weight is 456 g/mol. The molecule has 1 amide bonds. The van der Waals surface area contributed by atoms with Crippen molar-refractivity contribution in [2.75, 3.05) is 52.4 Å². The number of amides is 1. The van der Waals surface area contributed by atoms with Crippen LogP contribution in [0.2, 0.25) is 5.02 Å². The summed E-state index contributed by atoms with van der Waals surface area (Å²) in [4.78, 5) is 17.6. The van der Waals surface area contributed by atoms with Crippen molar-refractivity contribution in [3.05, 3.63) is 29.3 Å². The molecule has 0 radical (unpaired) electrons. The second-order valence-electron chi connectivity index (χ2n) is 9.38. The Morgan fingerprint density at radius 1 is 1.19 bits per heavy atom. The number of halogens is 1. The van der Waals surface area contributed by atoms with Crippen molar-refractivity contribution in [2.45, 2.75) is 44.6 Å². The number of carboxylic acid groups (broad SMARTS) is 1. The SMILES string of the molecule is CC(C)(C)N(CCN1CC2CN(CC(O)COc3ccc(Cl)cc3)CC(C1)O2)C(=O)O. The Labute approximate surface area is 189 Å². The lowest BCUT2D eigenvalue weighted by Gasteiger charge is -2.46. The van der Waals surface area contributed by atoms with E-state index in [0.717, 1.165) is 26.2 Å². The van der Waals surface area contributed by atoms with Gasteiger partial charge in [-0.25, -0.2) is 4.79 Å². The summed E-state index contributed by atoms with van der Waals surface area (Å²) in [7, 11) is 0. The van der Waals surface area contributed by atoms with Crippen molar-refractivity contribution in [2.24, 2.45) is 0 Å². The summed E-state index contributed by atoms with van der Waals surface area (Å²) in [6.45, 7) is 10.7. The van der Waals surface area contributed by atoms with Crippen molar-refractivity contribution in [3.63, 3.8) is 0 Å². The summed E-state index contributed by atoms with van der Waals surface area (Å²) in [5.41, 5.74) is -0.422. The summed E-state index contributed by atoms with van der Waals surface area (Å²) in [6.07, 6.45) is -1.36. The zero-order valence-electron chi connectivity index (χ0n) is 18.5. The minimum atomic E-state index is -0.887. The number of aliphatic hydroxyl groups is 1. The number of hydrogen-bond donors (Lipinski definition) is 2. The molecule has 1 aromatic rings. The average Bonchev–Trinajstić information content (AvgIpc) is 2.65. The summed E-state index contributed by atoms with van der Waals surface area (Å²) < 4.78 is 11.7. The van der Waals surface area contributed by atoms with E-state index < -0.39 is 17.7 Å². The maximum atomic E-state index is 11.6. The van der Waals surface area contributed by atoms with Gasteiger partial charge in [0.15, 0.2) is 0 Å². The molecule has 2 saturated heterocycles. The first kappa shape index (κ1) is 24.1. The monoisotopic (exact) mass is 455 g/mol. The number of rotatable bonds is 8. The van der Waals surface area contributed by atoms with E-state index in [1.165, 1.54) is 4.90 Å². The molecule has 9 heteroatoms. The minimum Gasteiger partial charge on any atom is -0.491 e. The Balaban J connectivity index is 1.42. The van der Waals surface area contributed by atoms with Gasteiger partial charge in [0.1, 0.15) is 18.5 Å². The zero-order valence-corrected chi connectivity index (χ0v) is 19.3. The number of hydrogen-bond acceptors (Lipinski definition) is 6. The molecule has 3 atom stereocenters. The Bertz CT molecular complexity index is 713. The van der Waals surface area contributed by atoms with Gasteiger partial charge in [-0.2, -0.15) is 0 Å². The van der Waals surface area contributed by atoms with Crippen molar-refractivity contribution in [3.8, 4) is 5.75 Å². The fourth-order valence-corrected chi connectivity index (χ4v) is 4.35. The number of fused-ring (bicyclic) bond motifs is 2. The van der Waals surface area contributed by atoms with Crippen LogP contribution in [0.3, 0.4) is 0 Å². The van der Waals surface area contributed by atoms with E-state index in [-0.39, 0.29) is 18.8 Å². The standard InChI is InChI=1S/C22H34ClN3O5/c1-22(2,3)26(21(28)29)9-8-24-11-19-13-25(14-20(12-24)31-19)10-17(27)15-30-18-6-4-16(23)5-7-18/h4-7,17,19-20,27H,8-15H2,1-3H3,(H,28,29). The van der Waals surface area contributed by atoms with Gasteiger partial charge in [-0.1, -0.05) is 11.6 Å². The Kier molecular flexibility index (Phi) is 8.04. The maximum absolute atomic E-state index is 11.6. The van der Waals surface area contributed by atoms with E-state index in [0.29, 0.717) is 30.4 Å². The van der Waals surface area contributed by atoms with Crippen molar-refractivity contribution >= 4 is 17.7 Å². The highest BCUT2D eigenvalue weighted by Crippen LogP contribution is 2.21. The molecule has 174 valence electrons. The van der Waals surface area contributed by atoms with Crippen LogP contribution in [0.4, 0.5) is 4.79 Å². The van der Waals surface area contributed by atoms with Gasteiger partial charge in [0.05, 0.1) is 12.2 Å². The van der Waals surface area contributed by atoms with Gasteiger partial charge >= 0.3 is 6.09 Å². The van der Waals surface area contributed by atoms with Crippen molar-refractivity contribution in [1.29, 1.82) is 0 Å². The van der Waals surface area contributed by atoms with Crippen LogP contribution in [0.1, 0.15) is 20.8 Å². The fraction of sp³-hybridized carbons (Fsp3) is 0.682. The van der Waals surface area contributed by atoms with Crippen LogP contribution in [0.25, 0.3) is 0 Å². The van der Waals surface area contributed by atoms with Crippen LogP contribution in [-0.2, 0) is 4.74 Å². The molecule has 2 aliphatic heterocycles. The molecule has 2 heterocycles. The van der Waals surface area contributed by atoms with E-state index in [9.17, 15) is 15.0 Å². The summed E-state index contributed by atoms with van der Waals surface area (Å²) >= 11 is 5.87. The van der Waals surface area contributed by atoms with Crippen molar-refractivity contribution < 1.29 is 24.5 Å². The lowest BCUT2D eigenvalue weighted by molar-refractivity contribution is -0.144. The van der Waals surface area contributed by atoms with Gasteiger partial charge < -0.3 is 24.6 Å². The molecular weight excluding hydrogens is 422 g/mol. The van der Waals surface area contributed by atoms with E-state index in [1.807, 2.05) is 20.8 Å². The van der Waals surface area contributed by atoms with E-state index >= 15 is 0 Å². The number of morpholine rings is 2. The molecule has 31 heavy (non-hydrogen) atoms. The third-order valence-corrected chi connectivity index (χ3v) is 5.89. The lowest BCUT2D eigenvalue weighted by Crippen LogP contribution is -2.61. The van der Waals surface area contributed by atoms with Gasteiger partial charge in [0.25, 0.3) is 0 Å². The van der Waals surface area contributed by atoms with E-state index in [2.05, 4.69) is 9.80 Å². The number of carbonyl (C=O) groups is 1. The normalized spacial score (nSPS) is 23.4. The van der Waals surface area contributed by atoms with Gasteiger partial charge in [0, 0.05) is 56.4 Å². The Morgan fingerprint density at radius 3 is 2.32 bits per heavy atom. The number of ether oxygens (including phenoxy) is 2. The van der Waals surface area contributed by atoms with Crippen LogP contribution in [0, 0.1) is 0 Å². The molecular formula is C22H34ClN3O5. The third-order valence-electron chi connectivity index (χ3n) is 5.64. The highest BCUT2D eigenvalue weighted by atomic mass is 35.5. The van der Waals surface area contributed by atoms with Crippen LogP contribution < -0.4 is 4.74 Å². The van der Waals surface area contributed by atoms with E-state index in [1.54, 1.807) is 24.3 Å². The fourth-order valence-electron chi connectivity index (χ4n) is 4.23. The molecule has 0 aromatic heterocycles. The highest BCUT2D eigenvalue weighted by molar-refractivity contribution is 6.30. The number of benzene rings is 1. The number of aliphatic hydroxyl groups excluding tert-OH is 1. The molecule has 8 nitrogen and oxygen atoms in total. The molecule has 1 aromatic carbocycles. The predicted octanol–water partition coefficient (Wildman–Crippen LogP) is 2.24. The Hall–Kier alpha value is -1.58. The molecule has 2 aliphatic rings. The summed E-state index contributed by atoms with van der Waals surface area (Å²) in [5.74, 6) is 0.684. The lowest BCUT2D eigenvalue weighted by atomic mass is 10.1. The second kappa shape index (κ2) is 10.4. The van der Waals surface area contributed by atoms with Gasteiger partial charge in [0.2, 0.25) is 0 Å². The highest BCUT2D eigenvalue weighted by Gasteiger charge is 2.36. The smallest absolute Gasteiger partial charge is 0.407 e. The molecule has 3 unspecified atom stereocenters.